The number of aryl methyl sites for hydroxylation is 1. The molecule has 0 aliphatic carbocycles. The van der Waals surface area contributed by atoms with E-state index >= 15 is 0 Å². The van der Waals surface area contributed by atoms with Gasteiger partial charge in [0.25, 0.3) is 5.56 Å². The lowest BCUT2D eigenvalue weighted by molar-refractivity contribution is -0.122. The smallest absolute Gasteiger partial charge is 0.275 e. The maximum Gasteiger partial charge on any atom is 0.275 e. The molecule has 1 N–H and O–H groups in total. The van der Waals surface area contributed by atoms with Gasteiger partial charge >= 0.3 is 0 Å². The van der Waals surface area contributed by atoms with Crippen molar-refractivity contribution in [2.75, 3.05) is 0 Å². The maximum atomic E-state index is 12.5. The number of fused-ring (bicyclic) bond motifs is 2. The fraction of sp³-hybridized carbons (Fsp3) is 0.167. The fourth-order valence-corrected chi connectivity index (χ4v) is 2.77. The summed E-state index contributed by atoms with van der Waals surface area (Å²) >= 11 is 0. The van der Waals surface area contributed by atoms with Gasteiger partial charge in [0.2, 0.25) is 11.8 Å². The number of rotatable bonds is 4. The Morgan fingerprint density at radius 3 is 2.81 bits per heavy atom. The Morgan fingerprint density at radius 2 is 2.00 bits per heavy atom. The lowest BCUT2D eigenvalue weighted by Crippen LogP contribution is -2.33. The SMILES string of the molecule is Cc1nn(CC(=O)NCc2nc3ncccc3o2)c(=O)c2ccccc12. The van der Waals surface area contributed by atoms with Crippen molar-refractivity contribution in [2.45, 2.75) is 20.0 Å². The number of pyridine rings is 1. The van der Waals surface area contributed by atoms with E-state index in [0.717, 1.165) is 5.39 Å². The van der Waals surface area contributed by atoms with Crippen LogP contribution in [0, 0.1) is 6.92 Å². The second-order valence-corrected chi connectivity index (χ2v) is 5.80. The highest BCUT2D eigenvalue weighted by atomic mass is 16.3. The van der Waals surface area contributed by atoms with E-state index in [1.165, 1.54) is 4.68 Å². The topological polar surface area (TPSA) is 103 Å². The monoisotopic (exact) mass is 349 g/mol. The number of nitrogens with zero attached hydrogens (tertiary/aromatic N) is 4. The van der Waals surface area contributed by atoms with E-state index in [1.807, 2.05) is 19.1 Å². The minimum atomic E-state index is -0.357. The van der Waals surface area contributed by atoms with Gasteiger partial charge in [0.05, 0.1) is 17.6 Å². The highest BCUT2D eigenvalue weighted by Crippen LogP contribution is 2.12. The average Bonchev–Trinajstić information content (AvgIpc) is 3.07. The first-order valence-corrected chi connectivity index (χ1v) is 8.05. The fourth-order valence-electron chi connectivity index (χ4n) is 2.77. The van der Waals surface area contributed by atoms with Gasteiger partial charge in [-0.15, -0.1) is 0 Å². The zero-order valence-corrected chi connectivity index (χ0v) is 14.0. The zero-order chi connectivity index (χ0) is 18.1. The Hall–Kier alpha value is -3.55. The molecule has 0 spiro atoms. The highest BCUT2D eigenvalue weighted by molar-refractivity contribution is 5.83. The van der Waals surface area contributed by atoms with Crippen molar-refractivity contribution < 1.29 is 9.21 Å². The Labute approximate surface area is 147 Å². The summed E-state index contributed by atoms with van der Waals surface area (Å²) in [5.41, 5.74) is 1.44. The van der Waals surface area contributed by atoms with Crippen LogP contribution in [0.25, 0.3) is 22.0 Å². The molecule has 130 valence electrons. The van der Waals surface area contributed by atoms with Gasteiger partial charge in [0, 0.05) is 11.6 Å². The van der Waals surface area contributed by atoms with Crippen LogP contribution in [0.4, 0.5) is 0 Å². The van der Waals surface area contributed by atoms with E-state index in [4.69, 9.17) is 4.42 Å². The van der Waals surface area contributed by atoms with Crippen molar-refractivity contribution >= 4 is 27.9 Å². The predicted molar refractivity (Wildman–Crippen MR) is 94.4 cm³/mol. The second kappa shape index (κ2) is 6.40. The molecular weight excluding hydrogens is 334 g/mol. The van der Waals surface area contributed by atoms with Crippen LogP contribution in [-0.4, -0.2) is 25.7 Å². The molecule has 8 nitrogen and oxygen atoms in total. The first kappa shape index (κ1) is 15.9. The van der Waals surface area contributed by atoms with E-state index < -0.39 is 0 Å². The summed E-state index contributed by atoms with van der Waals surface area (Å²) in [6, 6.07) is 10.7. The van der Waals surface area contributed by atoms with E-state index in [-0.39, 0.29) is 24.6 Å². The van der Waals surface area contributed by atoms with Gasteiger partial charge in [-0.1, -0.05) is 18.2 Å². The number of carbonyl (C=O) groups is 1. The van der Waals surface area contributed by atoms with Crippen molar-refractivity contribution in [1.29, 1.82) is 0 Å². The van der Waals surface area contributed by atoms with Crippen LogP contribution in [-0.2, 0) is 17.9 Å². The van der Waals surface area contributed by atoms with Gasteiger partial charge < -0.3 is 9.73 Å². The first-order valence-electron chi connectivity index (χ1n) is 8.05. The summed E-state index contributed by atoms with van der Waals surface area (Å²) in [7, 11) is 0. The van der Waals surface area contributed by atoms with E-state index in [1.54, 1.807) is 30.5 Å². The minimum Gasteiger partial charge on any atom is -0.437 e. The second-order valence-electron chi connectivity index (χ2n) is 5.80. The van der Waals surface area contributed by atoms with Gasteiger partial charge in [-0.3, -0.25) is 9.59 Å². The molecule has 1 aromatic carbocycles. The molecule has 0 aliphatic rings. The molecule has 0 saturated carbocycles. The molecule has 3 heterocycles. The van der Waals surface area contributed by atoms with E-state index in [9.17, 15) is 9.59 Å². The molecule has 0 fully saturated rings. The van der Waals surface area contributed by atoms with E-state index in [2.05, 4.69) is 20.4 Å². The maximum absolute atomic E-state index is 12.5. The molecule has 26 heavy (non-hydrogen) atoms. The number of amides is 1. The number of carbonyl (C=O) groups excluding carboxylic acids is 1. The van der Waals surface area contributed by atoms with Crippen LogP contribution in [0.15, 0.2) is 51.8 Å². The van der Waals surface area contributed by atoms with Crippen LogP contribution in [0.5, 0.6) is 0 Å². The summed E-state index contributed by atoms with van der Waals surface area (Å²) < 4.78 is 6.66. The number of benzene rings is 1. The number of nitrogens with one attached hydrogen (secondary N) is 1. The summed E-state index contributed by atoms with van der Waals surface area (Å²) in [5.74, 6) is -0.00783. The molecule has 0 saturated heterocycles. The van der Waals surface area contributed by atoms with Gasteiger partial charge in [-0.05, 0) is 25.1 Å². The highest BCUT2D eigenvalue weighted by Gasteiger charge is 2.12. The first-order chi connectivity index (χ1) is 12.6. The van der Waals surface area contributed by atoms with Crippen LogP contribution in [0.3, 0.4) is 0 Å². The quantitative estimate of drug-likeness (QED) is 0.600. The predicted octanol–water partition coefficient (Wildman–Crippen LogP) is 1.56. The molecule has 0 atom stereocenters. The summed E-state index contributed by atoms with van der Waals surface area (Å²) in [6.07, 6.45) is 1.62. The van der Waals surface area contributed by atoms with Crippen molar-refractivity contribution in [3.05, 3.63) is 64.5 Å². The van der Waals surface area contributed by atoms with Gasteiger partial charge in [0.1, 0.15) is 6.54 Å². The largest absolute Gasteiger partial charge is 0.437 e. The lowest BCUT2D eigenvalue weighted by Gasteiger charge is -2.08. The zero-order valence-electron chi connectivity index (χ0n) is 14.0. The Bertz CT molecular complexity index is 1150. The molecule has 0 unspecified atom stereocenters. The number of aromatic nitrogens is 4. The summed E-state index contributed by atoms with van der Waals surface area (Å²) in [4.78, 5) is 33.0. The third kappa shape index (κ3) is 2.92. The third-order valence-electron chi connectivity index (χ3n) is 3.99. The van der Waals surface area contributed by atoms with Crippen molar-refractivity contribution in [3.63, 3.8) is 0 Å². The van der Waals surface area contributed by atoms with Crippen molar-refractivity contribution in [1.82, 2.24) is 25.1 Å². The number of oxazole rings is 1. The van der Waals surface area contributed by atoms with E-state index in [0.29, 0.717) is 28.2 Å². The Morgan fingerprint density at radius 1 is 1.19 bits per heavy atom. The standard InChI is InChI=1S/C18H15N5O3/c1-11-12-5-2-3-6-13(12)18(25)23(22-11)10-15(24)20-9-16-21-17-14(26-16)7-4-8-19-17/h2-8H,9-10H2,1H3,(H,20,24). The van der Waals surface area contributed by atoms with Gasteiger partial charge in [0.15, 0.2) is 11.2 Å². The van der Waals surface area contributed by atoms with Crippen molar-refractivity contribution in [3.8, 4) is 0 Å². The molecule has 0 bridgehead atoms. The molecular formula is C18H15N5O3. The number of hydrogen-bond donors (Lipinski definition) is 1. The molecule has 0 radical (unpaired) electrons. The molecule has 8 heteroatoms. The molecule has 1 amide bonds. The van der Waals surface area contributed by atoms with Crippen LogP contribution in [0.2, 0.25) is 0 Å². The summed E-state index contributed by atoms with van der Waals surface area (Å²) in [6.45, 7) is 1.74. The third-order valence-corrected chi connectivity index (χ3v) is 3.99. The Balaban J connectivity index is 1.50. The Kier molecular flexibility index (Phi) is 3.92. The van der Waals surface area contributed by atoms with Crippen LogP contribution < -0.4 is 10.9 Å². The van der Waals surface area contributed by atoms with Gasteiger partial charge in [-0.25, -0.2) is 9.67 Å². The summed E-state index contributed by atoms with van der Waals surface area (Å²) in [5, 5.41) is 8.23. The minimum absolute atomic E-state index is 0.108. The molecule has 4 rings (SSSR count). The normalized spacial score (nSPS) is 11.1. The average molecular weight is 349 g/mol. The van der Waals surface area contributed by atoms with Crippen molar-refractivity contribution in [2.24, 2.45) is 0 Å². The number of hydrogen-bond acceptors (Lipinski definition) is 6. The molecule has 0 aliphatic heterocycles. The van der Waals surface area contributed by atoms with Gasteiger partial charge in [-0.2, -0.15) is 10.1 Å². The molecule has 4 aromatic rings. The lowest BCUT2D eigenvalue weighted by atomic mass is 10.1. The molecule has 3 aromatic heterocycles. The van der Waals surface area contributed by atoms with Crippen LogP contribution >= 0.6 is 0 Å². The van der Waals surface area contributed by atoms with Crippen LogP contribution in [0.1, 0.15) is 11.6 Å².